The van der Waals surface area contributed by atoms with Crippen LogP contribution in [0.5, 0.6) is 5.75 Å². The molecule has 38 heavy (non-hydrogen) atoms. The molecule has 0 spiro atoms. The first kappa shape index (κ1) is 24.2. The first-order chi connectivity index (χ1) is 18.6. The van der Waals surface area contributed by atoms with Crippen molar-refractivity contribution >= 4 is 16.3 Å². The lowest BCUT2D eigenvalue weighted by Crippen LogP contribution is -2.06. The molecule has 0 amide bonds. The van der Waals surface area contributed by atoms with Crippen LogP contribution in [-0.2, 0) is 0 Å². The van der Waals surface area contributed by atoms with Crippen molar-refractivity contribution in [3.05, 3.63) is 144 Å². The summed E-state index contributed by atoms with van der Waals surface area (Å²) < 4.78 is 5.42. The summed E-state index contributed by atoms with van der Waals surface area (Å²) in [5, 5.41) is 2.60. The Morgan fingerprint density at radius 2 is 1.45 bits per heavy atom. The van der Waals surface area contributed by atoms with E-state index in [2.05, 4.69) is 135 Å². The second-order valence-electron chi connectivity index (χ2n) is 10.7. The first-order valence-electron chi connectivity index (χ1n) is 13.6. The lowest BCUT2D eigenvalue weighted by molar-refractivity contribution is 0.415. The number of rotatable bonds is 6. The summed E-state index contributed by atoms with van der Waals surface area (Å²) in [6.07, 6.45) is 3.54. The van der Waals surface area contributed by atoms with Crippen molar-refractivity contribution in [2.45, 2.75) is 38.0 Å². The average molecular weight is 495 g/mol. The molecule has 1 heteroatoms. The third-order valence-electron chi connectivity index (χ3n) is 8.07. The summed E-state index contributed by atoms with van der Waals surface area (Å²) in [7, 11) is 1.72. The second kappa shape index (κ2) is 10.3. The number of benzene rings is 5. The van der Waals surface area contributed by atoms with Gasteiger partial charge in [-0.3, -0.25) is 0 Å². The highest BCUT2D eigenvalue weighted by Gasteiger charge is 2.31. The van der Waals surface area contributed by atoms with E-state index < -0.39 is 0 Å². The maximum Gasteiger partial charge on any atom is 0.118 e. The summed E-state index contributed by atoms with van der Waals surface area (Å²) in [5.41, 5.74) is 9.47. The predicted octanol–water partition coefficient (Wildman–Crippen LogP) is 9.99. The molecule has 1 nitrogen and oxygen atoms in total. The molecule has 0 N–H and O–H groups in total. The Balaban J connectivity index is 1.51. The van der Waals surface area contributed by atoms with Gasteiger partial charge in [0.15, 0.2) is 0 Å². The maximum atomic E-state index is 5.42. The van der Waals surface area contributed by atoms with Gasteiger partial charge in [-0.25, -0.2) is 0 Å². The maximum absolute atomic E-state index is 5.42. The molecule has 5 aromatic carbocycles. The van der Waals surface area contributed by atoms with E-state index in [0.29, 0.717) is 17.8 Å². The van der Waals surface area contributed by atoms with Crippen LogP contribution < -0.4 is 4.74 Å². The van der Waals surface area contributed by atoms with E-state index in [0.717, 1.165) is 12.2 Å². The summed E-state index contributed by atoms with van der Waals surface area (Å²) in [6, 6.07) is 42.3. The number of hydrogen-bond acceptors (Lipinski definition) is 1. The van der Waals surface area contributed by atoms with Gasteiger partial charge in [-0.1, -0.05) is 117 Å². The van der Waals surface area contributed by atoms with E-state index in [-0.39, 0.29) is 0 Å². The molecule has 2 atom stereocenters. The molecule has 0 radical (unpaired) electrons. The van der Waals surface area contributed by atoms with Gasteiger partial charge in [0.1, 0.15) is 5.75 Å². The fourth-order valence-electron chi connectivity index (χ4n) is 5.97. The molecule has 0 heterocycles. The standard InChI is InChI=1S/C37H34O/c1-25(2)28-13-9-14-30(20-28)36-22-31(26-16-18-33(38-3)19-17-26)23-37(36)32-21-29-12-7-8-15-34(29)35(24-32)27-10-5-4-6-11-27/h4-21,23-25,36-37H,22H2,1-3H3/t36-,37?/m0/s1. The van der Waals surface area contributed by atoms with Crippen molar-refractivity contribution in [1.29, 1.82) is 0 Å². The van der Waals surface area contributed by atoms with Crippen LogP contribution in [0.15, 0.2) is 121 Å². The molecule has 188 valence electrons. The van der Waals surface area contributed by atoms with Crippen LogP contribution in [0, 0.1) is 0 Å². The van der Waals surface area contributed by atoms with Crippen LogP contribution in [-0.4, -0.2) is 7.11 Å². The van der Waals surface area contributed by atoms with E-state index in [1.54, 1.807) is 7.11 Å². The normalized spacial score (nSPS) is 17.1. The Bertz CT molecular complexity index is 1590. The van der Waals surface area contributed by atoms with Gasteiger partial charge < -0.3 is 4.74 Å². The quantitative estimate of drug-likeness (QED) is 0.228. The van der Waals surface area contributed by atoms with Gasteiger partial charge in [0, 0.05) is 5.92 Å². The second-order valence-corrected chi connectivity index (χ2v) is 10.7. The molecule has 6 rings (SSSR count). The van der Waals surface area contributed by atoms with Gasteiger partial charge in [0.25, 0.3) is 0 Å². The molecule has 0 aliphatic heterocycles. The van der Waals surface area contributed by atoms with Crippen molar-refractivity contribution in [3.63, 3.8) is 0 Å². The van der Waals surface area contributed by atoms with Crippen LogP contribution in [0.2, 0.25) is 0 Å². The van der Waals surface area contributed by atoms with E-state index in [1.807, 2.05) is 0 Å². The van der Waals surface area contributed by atoms with Crippen LogP contribution in [0.1, 0.15) is 60.3 Å². The number of allylic oxidation sites excluding steroid dienone is 2. The Labute approximate surface area is 226 Å². The van der Waals surface area contributed by atoms with Crippen molar-refractivity contribution in [2.75, 3.05) is 7.11 Å². The minimum atomic E-state index is 0.293. The highest BCUT2D eigenvalue weighted by atomic mass is 16.5. The van der Waals surface area contributed by atoms with Gasteiger partial charge >= 0.3 is 0 Å². The molecule has 0 aromatic heterocycles. The lowest BCUT2D eigenvalue weighted by Gasteiger charge is -2.23. The zero-order chi connectivity index (χ0) is 26.1. The van der Waals surface area contributed by atoms with Crippen LogP contribution in [0.25, 0.3) is 27.5 Å². The van der Waals surface area contributed by atoms with E-state index in [9.17, 15) is 0 Å². The van der Waals surface area contributed by atoms with E-state index in [4.69, 9.17) is 4.74 Å². The Hall–Kier alpha value is -4.10. The highest BCUT2D eigenvalue weighted by Crippen LogP contribution is 2.49. The van der Waals surface area contributed by atoms with Crippen molar-refractivity contribution < 1.29 is 4.74 Å². The Morgan fingerprint density at radius 3 is 2.21 bits per heavy atom. The summed E-state index contributed by atoms with van der Waals surface area (Å²) >= 11 is 0. The summed E-state index contributed by atoms with van der Waals surface area (Å²) in [5.74, 6) is 2.08. The lowest BCUT2D eigenvalue weighted by atomic mass is 9.80. The number of hydrogen-bond donors (Lipinski definition) is 0. The molecule has 1 unspecified atom stereocenters. The third kappa shape index (κ3) is 4.65. The predicted molar refractivity (Wildman–Crippen MR) is 161 cm³/mol. The van der Waals surface area contributed by atoms with Crippen LogP contribution >= 0.6 is 0 Å². The third-order valence-corrected chi connectivity index (χ3v) is 8.07. The molecule has 0 saturated heterocycles. The highest BCUT2D eigenvalue weighted by molar-refractivity contribution is 5.97. The largest absolute Gasteiger partial charge is 0.497 e. The van der Waals surface area contributed by atoms with Crippen LogP contribution in [0.4, 0.5) is 0 Å². The van der Waals surface area contributed by atoms with Gasteiger partial charge in [-0.05, 0) is 86.2 Å². The SMILES string of the molecule is COc1ccc(C2=CC(c3cc(-c4ccccc4)c4ccccc4c3)[C@H](c3cccc(C(C)C)c3)C2)cc1. The zero-order valence-corrected chi connectivity index (χ0v) is 22.4. The molecule has 0 saturated carbocycles. The molecule has 1 aliphatic rings. The van der Waals surface area contributed by atoms with Gasteiger partial charge in [-0.2, -0.15) is 0 Å². The number of methoxy groups -OCH3 is 1. The Kier molecular flexibility index (Phi) is 6.60. The number of ether oxygens (including phenoxy) is 1. The zero-order valence-electron chi connectivity index (χ0n) is 22.4. The first-order valence-corrected chi connectivity index (χ1v) is 13.6. The molecular formula is C37H34O. The van der Waals surface area contributed by atoms with Crippen molar-refractivity contribution in [3.8, 4) is 16.9 Å². The minimum absolute atomic E-state index is 0.293. The van der Waals surface area contributed by atoms with Gasteiger partial charge in [0.05, 0.1) is 7.11 Å². The fourth-order valence-corrected chi connectivity index (χ4v) is 5.97. The minimum Gasteiger partial charge on any atom is -0.497 e. The summed E-state index contributed by atoms with van der Waals surface area (Å²) in [4.78, 5) is 0. The monoisotopic (exact) mass is 494 g/mol. The molecule has 1 aliphatic carbocycles. The molecule has 0 fully saturated rings. The number of fused-ring (bicyclic) bond motifs is 1. The molecule has 5 aromatic rings. The van der Waals surface area contributed by atoms with Gasteiger partial charge in [-0.15, -0.1) is 0 Å². The fraction of sp³-hybridized carbons (Fsp3) is 0.189. The smallest absolute Gasteiger partial charge is 0.118 e. The average Bonchev–Trinajstić information content (AvgIpc) is 3.43. The summed E-state index contributed by atoms with van der Waals surface area (Å²) in [6.45, 7) is 4.56. The van der Waals surface area contributed by atoms with Crippen molar-refractivity contribution in [1.82, 2.24) is 0 Å². The van der Waals surface area contributed by atoms with Crippen LogP contribution in [0.3, 0.4) is 0 Å². The van der Waals surface area contributed by atoms with Crippen molar-refractivity contribution in [2.24, 2.45) is 0 Å². The van der Waals surface area contributed by atoms with Gasteiger partial charge in [0.2, 0.25) is 0 Å². The van der Waals surface area contributed by atoms with E-state index in [1.165, 1.54) is 49.7 Å². The van der Waals surface area contributed by atoms with E-state index >= 15 is 0 Å². The molecule has 0 bridgehead atoms. The molecular weight excluding hydrogens is 460 g/mol. The Morgan fingerprint density at radius 1 is 0.684 bits per heavy atom. The topological polar surface area (TPSA) is 9.23 Å².